The molecule has 2 aromatic carbocycles. The minimum atomic E-state index is -1.07. The predicted molar refractivity (Wildman–Crippen MR) is 124 cm³/mol. The highest BCUT2D eigenvalue weighted by Crippen LogP contribution is 2.27. The van der Waals surface area contributed by atoms with E-state index in [2.05, 4.69) is 10.3 Å². The highest BCUT2D eigenvalue weighted by atomic mass is 16.6. The van der Waals surface area contributed by atoms with Gasteiger partial charge in [-0.3, -0.25) is 14.9 Å². The smallest absolute Gasteiger partial charge is 0.420 e. The number of nitrogens with two attached hydrogens (primary N) is 1. The SMILES string of the molecule is CCOc1ccc(NC(=O)c2cnc(OC(=O)NC(=O)CN)c(OCc3ccccc3)c2)cc1. The van der Waals surface area contributed by atoms with Crippen molar-refractivity contribution in [3.63, 3.8) is 0 Å². The molecule has 0 spiro atoms. The molecular weight excluding hydrogens is 440 g/mol. The first kappa shape index (κ1) is 24.2. The summed E-state index contributed by atoms with van der Waals surface area (Å²) in [4.78, 5) is 40.1. The van der Waals surface area contributed by atoms with E-state index < -0.39 is 17.9 Å². The van der Waals surface area contributed by atoms with Crippen LogP contribution in [0, 0.1) is 0 Å². The predicted octanol–water partition coefficient (Wildman–Crippen LogP) is 2.89. The van der Waals surface area contributed by atoms with Crippen molar-refractivity contribution in [2.24, 2.45) is 5.73 Å². The number of anilines is 1. The minimum Gasteiger partial charge on any atom is -0.494 e. The fourth-order valence-corrected chi connectivity index (χ4v) is 2.75. The normalized spacial score (nSPS) is 10.2. The number of hydrogen-bond acceptors (Lipinski definition) is 8. The zero-order valence-corrected chi connectivity index (χ0v) is 18.4. The van der Waals surface area contributed by atoms with Crippen LogP contribution in [0.4, 0.5) is 10.5 Å². The third kappa shape index (κ3) is 7.04. The zero-order chi connectivity index (χ0) is 24.3. The summed E-state index contributed by atoms with van der Waals surface area (Å²) in [5.41, 5.74) is 6.76. The molecule has 3 aromatic rings. The van der Waals surface area contributed by atoms with Gasteiger partial charge in [0.2, 0.25) is 5.91 Å². The van der Waals surface area contributed by atoms with Crippen LogP contribution < -0.4 is 30.6 Å². The van der Waals surface area contributed by atoms with E-state index in [-0.39, 0.29) is 30.3 Å². The zero-order valence-electron chi connectivity index (χ0n) is 18.4. The van der Waals surface area contributed by atoms with Gasteiger partial charge in [0.15, 0.2) is 5.75 Å². The second-order valence-corrected chi connectivity index (χ2v) is 6.85. The number of benzene rings is 2. The van der Waals surface area contributed by atoms with Crippen molar-refractivity contribution in [2.45, 2.75) is 13.5 Å². The molecule has 1 heterocycles. The van der Waals surface area contributed by atoms with Crippen LogP contribution in [-0.2, 0) is 11.4 Å². The number of rotatable bonds is 9. The van der Waals surface area contributed by atoms with Crippen LogP contribution in [0.3, 0.4) is 0 Å². The van der Waals surface area contributed by atoms with Gasteiger partial charge in [-0.05, 0) is 36.8 Å². The fourth-order valence-electron chi connectivity index (χ4n) is 2.75. The van der Waals surface area contributed by atoms with Gasteiger partial charge in [0, 0.05) is 18.0 Å². The van der Waals surface area contributed by atoms with Crippen LogP contribution in [0.1, 0.15) is 22.8 Å². The summed E-state index contributed by atoms with van der Waals surface area (Å²) in [6, 6.07) is 17.6. The van der Waals surface area contributed by atoms with E-state index in [0.717, 1.165) is 5.56 Å². The Morgan fingerprint density at radius 1 is 1.00 bits per heavy atom. The number of ether oxygens (including phenoxy) is 3. The summed E-state index contributed by atoms with van der Waals surface area (Å²) in [5, 5.41) is 4.71. The number of nitrogens with one attached hydrogen (secondary N) is 2. The number of hydrogen-bond donors (Lipinski definition) is 3. The van der Waals surface area contributed by atoms with Gasteiger partial charge in [-0.1, -0.05) is 30.3 Å². The highest BCUT2D eigenvalue weighted by Gasteiger charge is 2.18. The Hall–Kier alpha value is -4.44. The maximum Gasteiger partial charge on any atom is 0.420 e. The second-order valence-electron chi connectivity index (χ2n) is 6.85. The summed E-state index contributed by atoms with van der Waals surface area (Å²) < 4.78 is 16.2. The van der Waals surface area contributed by atoms with Gasteiger partial charge in [0.05, 0.1) is 18.7 Å². The Morgan fingerprint density at radius 3 is 2.41 bits per heavy atom. The summed E-state index contributed by atoms with van der Waals surface area (Å²) in [5.74, 6) is -0.653. The van der Waals surface area contributed by atoms with Crippen LogP contribution in [-0.4, -0.2) is 36.0 Å². The molecule has 0 unspecified atom stereocenters. The molecule has 0 atom stereocenters. The molecule has 0 saturated carbocycles. The molecule has 176 valence electrons. The summed E-state index contributed by atoms with van der Waals surface area (Å²) >= 11 is 0. The van der Waals surface area contributed by atoms with E-state index in [4.69, 9.17) is 19.9 Å². The lowest BCUT2D eigenvalue weighted by Gasteiger charge is -2.13. The highest BCUT2D eigenvalue weighted by molar-refractivity contribution is 6.04. The molecule has 0 saturated heterocycles. The van der Waals surface area contributed by atoms with Crippen molar-refractivity contribution in [3.8, 4) is 17.4 Å². The van der Waals surface area contributed by atoms with E-state index in [0.29, 0.717) is 18.0 Å². The fraction of sp³-hybridized carbons (Fsp3) is 0.167. The van der Waals surface area contributed by atoms with E-state index in [1.165, 1.54) is 12.3 Å². The van der Waals surface area contributed by atoms with Crippen molar-refractivity contribution in [2.75, 3.05) is 18.5 Å². The van der Waals surface area contributed by atoms with E-state index >= 15 is 0 Å². The standard InChI is InChI=1S/C24H24N4O6/c1-2-32-19-10-8-18(9-11-19)27-22(30)17-12-20(33-15-16-6-4-3-5-7-16)23(26-14-17)34-24(31)28-21(29)13-25/h3-12,14H,2,13,15,25H2,1H3,(H,27,30)(H,28,29,31). The molecule has 4 N–H and O–H groups in total. The molecule has 1 aromatic heterocycles. The van der Waals surface area contributed by atoms with Crippen LogP contribution in [0.2, 0.25) is 0 Å². The number of pyridine rings is 1. The average molecular weight is 464 g/mol. The Morgan fingerprint density at radius 2 is 1.74 bits per heavy atom. The summed E-state index contributed by atoms with van der Waals surface area (Å²) in [6.45, 7) is 2.17. The monoisotopic (exact) mass is 464 g/mol. The number of carbonyl (C=O) groups excluding carboxylic acids is 3. The van der Waals surface area contributed by atoms with Crippen LogP contribution >= 0.6 is 0 Å². The lowest BCUT2D eigenvalue weighted by atomic mass is 10.2. The van der Waals surface area contributed by atoms with E-state index in [1.807, 2.05) is 42.6 Å². The molecule has 10 nitrogen and oxygen atoms in total. The maximum atomic E-state index is 12.8. The van der Waals surface area contributed by atoms with Crippen LogP contribution in [0.15, 0.2) is 66.9 Å². The Balaban J connectivity index is 1.78. The number of aromatic nitrogens is 1. The largest absolute Gasteiger partial charge is 0.494 e. The van der Waals surface area contributed by atoms with Crippen molar-refractivity contribution >= 4 is 23.6 Å². The van der Waals surface area contributed by atoms with Crippen molar-refractivity contribution in [1.82, 2.24) is 10.3 Å². The van der Waals surface area contributed by atoms with Crippen molar-refractivity contribution in [1.29, 1.82) is 0 Å². The molecule has 0 bridgehead atoms. The first-order valence-corrected chi connectivity index (χ1v) is 10.4. The molecule has 3 rings (SSSR count). The first-order valence-electron chi connectivity index (χ1n) is 10.4. The van der Waals surface area contributed by atoms with Crippen LogP contribution in [0.25, 0.3) is 0 Å². The second kappa shape index (κ2) is 12.0. The lowest BCUT2D eigenvalue weighted by molar-refractivity contribution is -0.118. The average Bonchev–Trinajstić information content (AvgIpc) is 2.85. The van der Waals surface area contributed by atoms with Crippen molar-refractivity contribution < 1.29 is 28.6 Å². The molecular formula is C24H24N4O6. The molecule has 0 aliphatic heterocycles. The van der Waals surface area contributed by atoms with Crippen molar-refractivity contribution in [3.05, 3.63) is 78.0 Å². The molecule has 10 heteroatoms. The van der Waals surface area contributed by atoms with Crippen LogP contribution in [0.5, 0.6) is 17.4 Å². The third-order valence-electron chi connectivity index (χ3n) is 4.36. The number of amides is 3. The quantitative estimate of drug-likeness (QED) is 0.439. The summed E-state index contributed by atoms with van der Waals surface area (Å²) in [7, 11) is 0. The Labute approximate surface area is 196 Å². The number of imide groups is 1. The van der Waals surface area contributed by atoms with Gasteiger partial charge < -0.3 is 25.3 Å². The Bertz CT molecular complexity index is 1140. The van der Waals surface area contributed by atoms with E-state index in [9.17, 15) is 14.4 Å². The number of nitrogens with zero attached hydrogens (tertiary/aromatic N) is 1. The molecule has 34 heavy (non-hydrogen) atoms. The first-order chi connectivity index (χ1) is 16.5. The third-order valence-corrected chi connectivity index (χ3v) is 4.36. The maximum absolute atomic E-state index is 12.8. The Kier molecular flexibility index (Phi) is 8.53. The molecule has 0 fully saturated rings. The van der Waals surface area contributed by atoms with Gasteiger partial charge >= 0.3 is 6.09 Å². The van der Waals surface area contributed by atoms with Gasteiger partial charge in [-0.15, -0.1) is 0 Å². The van der Waals surface area contributed by atoms with Gasteiger partial charge in [-0.25, -0.2) is 9.78 Å². The van der Waals surface area contributed by atoms with Gasteiger partial charge in [0.1, 0.15) is 12.4 Å². The number of carbonyl (C=O) groups is 3. The van der Waals surface area contributed by atoms with Gasteiger partial charge in [-0.2, -0.15) is 0 Å². The topological polar surface area (TPSA) is 142 Å². The van der Waals surface area contributed by atoms with Gasteiger partial charge in [0.25, 0.3) is 11.8 Å². The molecule has 3 amide bonds. The molecule has 0 radical (unpaired) electrons. The minimum absolute atomic E-state index is 0.0403. The molecule has 0 aliphatic carbocycles. The summed E-state index contributed by atoms with van der Waals surface area (Å²) in [6.07, 6.45) is 0.159. The van der Waals surface area contributed by atoms with E-state index in [1.54, 1.807) is 24.3 Å². The molecule has 0 aliphatic rings. The lowest BCUT2D eigenvalue weighted by Crippen LogP contribution is -2.37.